The molecule has 0 bridgehead atoms. The molecule has 5 nitrogen and oxygen atoms in total. The lowest BCUT2D eigenvalue weighted by atomic mass is 9.93. The largest absolute Gasteiger partial charge is 0.485 e. The van der Waals surface area contributed by atoms with E-state index >= 15 is 0 Å². The van der Waals surface area contributed by atoms with Crippen molar-refractivity contribution >= 4 is 11.4 Å². The SMILES string of the molecule is [C-]#[N+]c1cccc(-c2ccc3c(c2)C(=NC#N)CC(c2cccnc2)O3)c1. The van der Waals surface area contributed by atoms with Crippen LogP contribution in [0.25, 0.3) is 16.0 Å². The Kier molecular flexibility index (Phi) is 4.35. The van der Waals surface area contributed by atoms with Gasteiger partial charge in [0.15, 0.2) is 5.69 Å². The number of nitrogens with zero attached hydrogens (tertiary/aromatic N) is 4. The minimum absolute atomic E-state index is 0.227. The van der Waals surface area contributed by atoms with Crippen molar-refractivity contribution in [1.82, 2.24) is 4.98 Å². The first-order valence-electron chi connectivity index (χ1n) is 8.43. The van der Waals surface area contributed by atoms with E-state index in [-0.39, 0.29) is 6.10 Å². The minimum Gasteiger partial charge on any atom is -0.485 e. The molecule has 0 N–H and O–H groups in total. The van der Waals surface area contributed by atoms with Gasteiger partial charge in [-0.1, -0.05) is 30.3 Å². The maximum Gasteiger partial charge on any atom is 0.205 e. The van der Waals surface area contributed by atoms with Gasteiger partial charge in [0.2, 0.25) is 6.19 Å². The lowest BCUT2D eigenvalue weighted by Crippen LogP contribution is -2.21. The summed E-state index contributed by atoms with van der Waals surface area (Å²) in [5.41, 5.74) is 4.93. The van der Waals surface area contributed by atoms with E-state index in [1.165, 1.54) is 0 Å². The summed E-state index contributed by atoms with van der Waals surface area (Å²) >= 11 is 0. The third-order valence-electron chi connectivity index (χ3n) is 4.49. The summed E-state index contributed by atoms with van der Waals surface area (Å²) < 4.78 is 6.15. The first kappa shape index (κ1) is 16.5. The molecule has 1 atom stereocenters. The second kappa shape index (κ2) is 7.11. The highest BCUT2D eigenvalue weighted by Crippen LogP contribution is 2.37. The summed E-state index contributed by atoms with van der Waals surface area (Å²) in [6.07, 6.45) is 5.66. The van der Waals surface area contributed by atoms with E-state index in [0.717, 1.165) is 22.3 Å². The Balaban J connectivity index is 1.76. The molecule has 1 aliphatic rings. The minimum atomic E-state index is -0.227. The maximum atomic E-state index is 9.13. The number of pyridine rings is 1. The molecule has 0 amide bonds. The van der Waals surface area contributed by atoms with Crippen LogP contribution in [0, 0.1) is 18.0 Å². The molecule has 1 unspecified atom stereocenters. The molecular formula is C22H14N4O. The molecule has 0 fully saturated rings. The van der Waals surface area contributed by atoms with E-state index in [4.69, 9.17) is 16.6 Å². The Bertz CT molecular complexity index is 1110. The number of hydrogen-bond acceptors (Lipinski definition) is 4. The van der Waals surface area contributed by atoms with Crippen molar-refractivity contribution in [2.24, 2.45) is 4.99 Å². The number of benzene rings is 2. The predicted octanol–water partition coefficient (Wildman–Crippen LogP) is 5.09. The van der Waals surface area contributed by atoms with Crippen LogP contribution in [0.2, 0.25) is 0 Å². The first-order chi connectivity index (χ1) is 13.3. The van der Waals surface area contributed by atoms with Crippen molar-refractivity contribution in [2.75, 3.05) is 0 Å². The standard InChI is InChI=1S/C22H14N4O/c1-24-18-6-2-4-15(10-18)16-7-8-21-19(11-16)20(26-14-23)12-22(27-21)17-5-3-9-25-13-17/h2-11,13,22H,12H2. The molecule has 27 heavy (non-hydrogen) atoms. The maximum absolute atomic E-state index is 9.13. The van der Waals surface area contributed by atoms with Crippen molar-refractivity contribution in [3.05, 3.63) is 89.5 Å². The Labute approximate surface area is 157 Å². The van der Waals surface area contributed by atoms with Gasteiger partial charge >= 0.3 is 0 Å². The zero-order chi connectivity index (χ0) is 18.6. The fourth-order valence-electron chi connectivity index (χ4n) is 3.19. The zero-order valence-electron chi connectivity index (χ0n) is 14.3. The van der Waals surface area contributed by atoms with Crippen LogP contribution in [0.15, 0.2) is 72.0 Å². The molecule has 4 rings (SSSR count). The number of aliphatic imine (C=N–C) groups is 1. The molecule has 128 valence electrons. The molecule has 0 spiro atoms. The third-order valence-corrected chi connectivity index (χ3v) is 4.49. The Morgan fingerprint density at radius 3 is 2.81 bits per heavy atom. The molecule has 5 heteroatoms. The molecule has 3 aromatic rings. The average Bonchev–Trinajstić information content (AvgIpc) is 2.74. The topological polar surface area (TPSA) is 62.6 Å². The molecule has 0 aliphatic carbocycles. The summed E-state index contributed by atoms with van der Waals surface area (Å²) in [5.74, 6) is 0.689. The quantitative estimate of drug-likeness (QED) is 0.477. The van der Waals surface area contributed by atoms with E-state index in [2.05, 4.69) is 14.8 Å². The highest BCUT2D eigenvalue weighted by molar-refractivity contribution is 6.05. The normalized spacial score (nSPS) is 16.7. The van der Waals surface area contributed by atoms with Crippen LogP contribution in [0.3, 0.4) is 0 Å². The van der Waals surface area contributed by atoms with E-state index in [1.54, 1.807) is 18.5 Å². The van der Waals surface area contributed by atoms with Crippen molar-refractivity contribution in [1.29, 1.82) is 5.26 Å². The summed E-state index contributed by atoms with van der Waals surface area (Å²) in [7, 11) is 0. The lowest BCUT2D eigenvalue weighted by Gasteiger charge is -2.27. The van der Waals surface area contributed by atoms with Crippen molar-refractivity contribution in [2.45, 2.75) is 12.5 Å². The van der Waals surface area contributed by atoms with Crippen LogP contribution in [0.1, 0.15) is 23.7 Å². The zero-order valence-corrected chi connectivity index (χ0v) is 14.3. The molecule has 0 saturated heterocycles. The van der Waals surface area contributed by atoms with E-state index < -0.39 is 0 Å². The molecule has 0 radical (unpaired) electrons. The Hall–Kier alpha value is -3.96. The van der Waals surface area contributed by atoms with Crippen LogP contribution in [-0.4, -0.2) is 10.7 Å². The lowest BCUT2D eigenvalue weighted by molar-refractivity contribution is 0.206. The number of rotatable bonds is 2. The van der Waals surface area contributed by atoms with Crippen LogP contribution < -0.4 is 4.74 Å². The molecule has 2 heterocycles. The van der Waals surface area contributed by atoms with E-state index in [1.807, 2.05) is 54.7 Å². The van der Waals surface area contributed by atoms with Crippen molar-refractivity contribution in [3.63, 3.8) is 0 Å². The van der Waals surface area contributed by atoms with Gasteiger partial charge in [-0.15, -0.1) is 0 Å². The second-order valence-electron chi connectivity index (χ2n) is 6.13. The summed E-state index contributed by atoms with van der Waals surface area (Å²) in [6.45, 7) is 7.19. The molecule has 2 aromatic carbocycles. The van der Waals surface area contributed by atoms with Crippen LogP contribution in [0.5, 0.6) is 5.75 Å². The predicted molar refractivity (Wildman–Crippen MR) is 103 cm³/mol. The highest BCUT2D eigenvalue weighted by Gasteiger charge is 2.27. The fourth-order valence-corrected chi connectivity index (χ4v) is 3.19. The van der Waals surface area contributed by atoms with Gasteiger partial charge in [-0.2, -0.15) is 10.3 Å². The molecular weight excluding hydrogens is 336 g/mol. The number of aromatic nitrogens is 1. The van der Waals surface area contributed by atoms with Crippen LogP contribution >= 0.6 is 0 Å². The summed E-state index contributed by atoms with van der Waals surface area (Å²) in [4.78, 5) is 11.7. The van der Waals surface area contributed by atoms with Crippen LogP contribution in [0.4, 0.5) is 5.69 Å². The number of nitriles is 1. The van der Waals surface area contributed by atoms with Gasteiger partial charge in [0.1, 0.15) is 11.9 Å². The summed E-state index contributed by atoms with van der Waals surface area (Å²) in [5, 5.41) is 9.13. The monoisotopic (exact) mass is 350 g/mol. The molecule has 1 aliphatic heterocycles. The Morgan fingerprint density at radius 2 is 2.04 bits per heavy atom. The highest BCUT2D eigenvalue weighted by atomic mass is 16.5. The second-order valence-corrected chi connectivity index (χ2v) is 6.13. The summed E-state index contributed by atoms with van der Waals surface area (Å²) in [6, 6.07) is 17.1. The first-order valence-corrected chi connectivity index (χ1v) is 8.43. The molecule has 1 aromatic heterocycles. The van der Waals surface area contributed by atoms with Gasteiger partial charge in [0.25, 0.3) is 0 Å². The number of ether oxygens (including phenoxy) is 1. The van der Waals surface area contributed by atoms with Gasteiger partial charge in [0, 0.05) is 29.9 Å². The van der Waals surface area contributed by atoms with Gasteiger partial charge < -0.3 is 4.74 Å². The van der Waals surface area contributed by atoms with Gasteiger partial charge in [-0.3, -0.25) is 4.98 Å². The number of hydrogen-bond donors (Lipinski definition) is 0. The van der Waals surface area contributed by atoms with Crippen molar-refractivity contribution in [3.8, 4) is 23.1 Å². The number of fused-ring (bicyclic) bond motifs is 1. The van der Waals surface area contributed by atoms with E-state index in [0.29, 0.717) is 23.6 Å². The third kappa shape index (κ3) is 3.27. The average molecular weight is 350 g/mol. The van der Waals surface area contributed by atoms with Gasteiger partial charge in [-0.05, 0) is 35.4 Å². The van der Waals surface area contributed by atoms with Crippen LogP contribution in [-0.2, 0) is 0 Å². The fraction of sp³-hybridized carbons (Fsp3) is 0.0909. The smallest absolute Gasteiger partial charge is 0.205 e. The van der Waals surface area contributed by atoms with Crippen molar-refractivity contribution < 1.29 is 4.74 Å². The Morgan fingerprint density at radius 1 is 1.15 bits per heavy atom. The van der Waals surface area contributed by atoms with Gasteiger partial charge in [0.05, 0.1) is 12.3 Å². The van der Waals surface area contributed by atoms with Gasteiger partial charge in [-0.25, -0.2) is 4.85 Å². The van der Waals surface area contributed by atoms with E-state index in [9.17, 15) is 0 Å². The molecule has 0 saturated carbocycles.